The van der Waals surface area contributed by atoms with Gasteiger partial charge in [0, 0.05) is 6.54 Å². The Morgan fingerprint density at radius 2 is 1.57 bits per heavy atom. The van der Waals surface area contributed by atoms with Gasteiger partial charge < -0.3 is 9.47 Å². The van der Waals surface area contributed by atoms with Crippen LogP contribution < -0.4 is 5.32 Å². The topological polar surface area (TPSA) is 47.6 Å². The Bertz CT molecular complexity index is 563. The number of nitrogens with one attached hydrogen (secondary N) is 1. The average Bonchev–Trinajstić information content (AvgIpc) is 2.59. The van der Waals surface area contributed by atoms with Crippen LogP contribution in [0.4, 0.5) is 0 Å². The van der Waals surface area contributed by atoms with Gasteiger partial charge in [0.25, 0.3) is 0 Å². The van der Waals surface area contributed by atoms with Gasteiger partial charge in [-0.3, -0.25) is 10.1 Å². The van der Waals surface area contributed by atoms with E-state index in [1.54, 1.807) is 0 Å². The van der Waals surface area contributed by atoms with E-state index in [0.717, 1.165) is 11.1 Å². The number of carbonyl (C=O) groups is 1. The maximum atomic E-state index is 11.8. The molecule has 23 heavy (non-hydrogen) atoms. The van der Waals surface area contributed by atoms with Crippen LogP contribution in [0.15, 0.2) is 60.7 Å². The van der Waals surface area contributed by atoms with Gasteiger partial charge in [0.1, 0.15) is 6.04 Å². The van der Waals surface area contributed by atoms with E-state index in [2.05, 4.69) is 5.32 Å². The highest BCUT2D eigenvalue weighted by atomic mass is 35.5. The summed E-state index contributed by atoms with van der Waals surface area (Å²) in [6.45, 7) is 1.34. The van der Waals surface area contributed by atoms with E-state index in [0.29, 0.717) is 13.2 Å². The van der Waals surface area contributed by atoms with Crippen LogP contribution in [-0.2, 0) is 27.4 Å². The molecule has 0 bridgehead atoms. The third kappa shape index (κ3) is 6.82. The lowest BCUT2D eigenvalue weighted by Crippen LogP contribution is -2.41. The lowest BCUT2D eigenvalue weighted by Gasteiger charge is -2.16. The molecule has 2 aromatic rings. The highest BCUT2D eigenvalue weighted by Gasteiger charge is 2.18. The molecule has 0 heterocycles. The van der Waals surface area contributed by atoms with Crippen LogP contribution in [0.3, 0.4) is 0 Å². The fourth-order valence-corrected chi connectivity index (χ4v) is 2.06. The fourth-order valence-electron chi connectivity index (χ4n) is 2.06. The van der Waals surface area contributed by atoms with Gasteiger partial charge in [0.2, 0.25) is 0 Å². The molecule has 2 rings (SSSR count). The summed E-state index contributed by atoms with van der Waals surface area (Å²) in [5.74, 6) is -0.316. The number of esters is 1. The quantitative estimate of drug-likeness (QED) is 0.753. The molecule has 0 aliphatic heterocycles. The summed E-state index contributed by atoms with van der Waals surface area (Å²) in [7, 11) is 1.39. The van der Waals surface area contributed by atoms with Crippen LogP contribution in [0.25, 0.3) is 0 Å². The second kappa shape index (κ2) is 10.8. The van der Waals surface area contributed by atoms with Gasteiger partial charge in [-0.15, -0.1) is 12.4 Å². The number of hydrogen-bond acceptors (Lipinski definition) is 4. The number of methoxy groups -OCH3 is 1. The van der Waals surface area contributed by atoms with Crippen molar-refractivity contribution in [3.05, 3.63) is 71.8 Å². The maximum absolute atomic E-state index is 11.8. The number of benzene rings is 2. The number of hydrogen-bond donors (Lipinski definition) is 1. The predicted molar refractivity (Wildman–Crippen MR) is 92.4 cm³/mol. The van der Waals surface area contributed by atoms with E-state index >= 15 is 0 Å². The molecule has 0 aliphatic rings. The first-order chi connectivity index (χ1) is 10.8. The number of ether oxygens (including phenoxy) is 2. The molecular weight excluding hydrogens is 314 g/mol. The van der Waals surface area contributed by atoms with E-state index < -0.39 is 6.04 Å². The van der Waals surface area contributed by atoms with Gasteiger partial charge >= 0.3 is 5.97 Å². The molecule has 1 N–H and O–H groups in total. The molecule has 4 nitrogen and oxygen atoms in total. The minimum Gasteiger partial charge on any atom is -0.468 e. The zero-order valence-corrected chi connectivity index (χ0v) is 13.9. The van der Waals surface area contributed by atoms with Crippen LogP contribution in [0.2, 0.25) is 0 Å². The molecule has 1 atom stereocenters. The Morgan fingerprint density at radius 3 is 2.13 bits per heavy atom. The fraction of sp³-hybridized carbons (Fsp3) is 0.278. The lowest BCUT2D eigenvalue weighted by molar-refractivity contribution is -0.145. The zero-order valence-electron chi connectivity index (χ0n) is 13.1. The summed E-state index contributed by atoms with van der Waals surface area (Å²) in [5, 5.41) is 3.17. The van der Waals surface area contributed by atoms with E-state index in [1.807, 2.05) is 60.7 Å². The Kier molecular flexibility index (Phi) is 8.98. The summed E-state index contributed by atoms with van der Waals surface area (Å²) in [6, 6.07) is 19.3. The molecule has 0 aliphatic carbocycles. The van der Waals surface area contributed by atoms with Crippen molar-refractivity contribution >= 4 is 18.4 Å². The normalized spacial score (nSPS) is 11.3. The molecule has 0 saturated carbocycles. The molecule has 0 fully saturated rings. The predicted octanol–water partition coefficient (Wildman–Crippen LogP) is 2.96. The molecule has 0 amide bonds. The van der Waals surface area contributed by atoms with Gasteiger partial charge in [-0.05, 0) is 11.1 Å². The maximum Gasteiger partial charge on any atom is 0.325 e. The minimum absolute atomic E-state index is 0. The van der Waals surface area contributed by atoms with Crippen molar-refractivity contribution in [3.63, 3.8) is 0 Å². The summed E-state index contributed by atoms with van der Waals surface area (Å²) in [5.41, 5.74) is 2.19. The van der Waals surface area contributed by atoms with Crippen molar-refractivity contribution < 1.29 is 14.3 Å². The molecular formula is C18H22ClNO3. The standard InChI is InChI=1S/C18H21NO3.ClH/c1-21-18(20)17(19-12-15-8-4-2-5-9-15)14-22-13-16-10-6-3-7-11-16;/h2-11,17,19H,12-14H2,1H3;1H. The van der Waals surface area contributed by atoms with Gasteiger partial charge in [-0.2, -0.15) is 0 Å². The largest absolute Gasteiger partial charge is 0.468 e. The van der Waals surface area contributed by atoms with Crippen molar-refractivity contribution in [1.82, 2.24) is 5.32 Å². The average molecular weight is 336 g/mol. The van der Waals surface area contributed by atoms with Crippen molar-refractivity contribution in [2.24, 2.45) is 0 Å². The van der Waals surface area contributed by atoms with Crippen molar-refractivity contribution in [2.45, 2.75) is 19.2 Å². The molecule has 1 unspecified atom stereocenters. The van der Waals surface area contributed by atoms with Gasteiger partial charge in [0.05, 0.1) is 20.3 Å². The van der Waals surface area contributed by atoms with Gasteiger partial charge in [0.15, 0.2) is 0 Å². The lowest BCUT2D eigenvalue weighted by atomic mass is 10.2. The van der Waals surface area contributed by atoms with E-state index in [1.165, 1.54) is 7.11 Å². The number of rotatable bonds is 8. The SMILES string of the molecule is COC(=O)C(COCc1ccccc1)NCc1ccccc1.Cl. The highest BCUT2D eigenvalue weighted by Crippen LogP contribution is 2.03. The molecule has 0 saturated heterocycles. The molecule has 124 valence electrons. The number of carbonyl (C=O) groups excluding carboxylic acids is 1. The van der Waals surface area contributed by atoms with Crippen molar-refractivity contribution in [2.75, 3.05) is 13.7 Å². The Hall–Kier alpha value is -1.88. The van der Waals surface area contributed by atoms with Crippen molar-refractivity contribution in [3.8, 4) is 0 Å². The summed E-state index contributed by atoms with van der Waals surface area (Å²) in [6.07, 6.45) is 0. The molecule has 0 radical (unpaired) electrons. The molecule has 0 spiro atoms. The summed E-state index contributed by atoms with van der Waals surface area (Å²) in [4.78, 5) is 11.8. The first-order valence-electron chi connectivity index (χ1n) is 7.26. The Morgan fingerprint density at radius 1 is 1.00 bits per heavy atom. The second-order valence-electron chi connectivity index (χ2n) is 4.94. The van der Waals surface area contributed by atoms with Crippen LogP contribution in [0, 0.1) is 0 Å². The second-order valence-corrected chi connectivity index (χ2v) is 4.94. The summed E-state index contributed by atoms with van der Waals surface area (Å²) < 4.78 is 10.5. The van der Waals surface area contributed by atoms with E-state index in [9.17, 15) is 4.79 Å². The van der Waals surface area contributed by atoms with Gasteiger partial charge in [-0.1, -0.05) is 60.7 Å². The first kappa shape index (κ1) is 19.2. The van der Waals surface area contributed by atoms with E-state index in [4.69, 9.17) is 9.47 Å². The minimum atomic E-state index is -0.478. The van der Waals surface area contributed by atoms with Crippen LogP contribution >= 0.6 is 12.4 Å². The smallest absolute Gasteiger partial charge is 0.325 e. The zero-order chi connectivity index (χ0) is 15.6. The van der Waals surface area contributed by atoms with Crippen LogP contribution in [0.1, 0.15) is 11.1 Å². The number of halogens is 1. The Balaban J connectivity index is 0.00000264. The van der Waals surface area contributed by atoms with Gasteiger partial charge in [-0.25, -0.2) is 0 Å². The third-order valence-electron chi connectivity index (χ3n) is 3.28. The van der Waals surface area contributed by atoms with Crippen LogP contribution in [-0.4, -0.2) is 25.7 Å². The van der Waals surface area contributed by atoms with E-state index in [-0.39, 0.29) is 25.0 Å². The highest BCUT2D eigenvalue weighted by molar-refractivity contribution is 5.85. The molecule has 2 aromatic carbocycles. The van der Waals surface area contributed by atoms with Crippen molar-refractivity contribution in [1.29, 1.82) is 0 Å². The summed E-state index contributed by atoms with van der Waals surface area (Å²) >= 11 is 0. The molecule has 0 aromatic heterocycles. The first-order valence-corrected chi connectivity index (χ1v) is 7.26. The third-order valence-corrected chi connectivity index (χ3v) is 3.28. The van der Waals surface area contributed by atoms with Crippen LogP contribution in [0.5, 0.6) is 0 Å². The monoisotopic (exact) mass is 335 g/mol. The Labute approximate surface area is 143 Å². The molecule has 5 heteroatoms.